The zero-order valence-corrected chi connectivity index (χ0v) is 6.66. The van der Waals surface area contributed by atoms with E-state index in [1.807, 2.05) is 25.1 Å². The molecule has 0 unspecified atom stereocenters. The fourth-order valence-electron chi connectivity index (χ4n) is 1.30. The molecule has 0 saturated heterocycles. The number of aromatic nitrogens is 2. The molecule has 2 rings (SSSR count). The molecule has 0 aliphatic rings. The Labute approximate surface area is 69.4 Å². The molecule has 2 aromatic rings. The van der Waals surface area contributed by atoms with Crippen LogP contribution in [-0.2, 0) is 0 Å². The van der Waals surface area contributed by atoms with Gasteiger partial charge in [0.05, 0.1) is 5.52 Å². The topological polar surface area (TPSA) is 45.8 Å². The molecule has 0 amide bonds. The lowest BCUT2D eigenvalue weighted by Gasteiger charge is -1.92. The number of para-hydroxylation sites is 1. The normalized spacial score (nSPS) is 10.4. The first-order valence-corrected chi connectivity index (χ1v) is 3.72. The van der Waals surface area contributed by atoms with Crippen molar-refractivity contribution < 1.29 is 4.79 Å². The van der Waals surface area contributed by atoms with Gasteiger partial charge in [0.2, 0.25) is 0 Å². The molecule has 1 heterocycles. The van der Waals surface area contributed by atoms with Gasteiger partial charge in [0.1, 0.15) is 5.69 Å². The van der Waals surface area contributed by atoms with Crippen LogP contribution in [0.3, 0.4) is 0 Å². The zero-order valence-electron chi connectivity index (χ0n) is 6.66. The molecule has 0 bridgehead atoms. The third-order valence-corrected chi connectivity index (χ3v) is 1.95. The minimum Gasteiger partial charge on any atom is -0.296 e. The van der Waals surface area contributed by atoms with E-state index in [0.717, 1.165) is 22.8 Å². The zero-order chi connectivity index (χ0) is 8.55. The van der Waals surface area contributed by atoms with E-state index in [1.54, 1.807) is 0 Å². The summed E-state index contributed by atoms with van der Waals surface area (Å²) in [6, 6.07) is 5.78. The molecule has 0 radical (unpaired) electrons. The standard InChI is InChI=1S/C9H8N2O/c1-6-3-2-4-7-8(5-12)10-11-9(6)7/h2-5H,1H3,(H,10,11). The largest absolute Gasteiger partial charge is 0.296 e. The van der Waals surface area contributed by atoms with Crippen molar-refractivity contribution >= 4 is 17.2 Å². The number of benzene rings is 1. The average Bonchev–Trinajstić information content (AvgIpc) is 2.49. The molecule has 0 atom stereocenters. The van der Waals surface area contributed by atoms with Gasteiger partial charge < -0.3 is 0 Å². The number of aromatic amines is 1. The second-order valence-electron chi connectivity index (χ2n) is 2.72. The minimum absolute atomic E-state index is 0.480. The van der Waals surface area contributed by atoms with Crippen LogP contribution in [-0.4, -0.2) is 16.5 Å². The van der Waals surface area contributed by atoms with Crippen molar-refractivity contribution in [2.75, 3.05) is 0 Å². The van der Waals surface area contributed by atoms with Crippen LogP contribution in [0.5, 0.6) is 0 Å². The summed E-state index contributed by atoms with van der Waals surface area (Å²) in [4.78, 5) is 10.5. The van der Waals surface area contributed by atoms with Crippen LogP contribution >= 0.6 is 0 Å². The van der Waals surface area contributed by atoms with Crippen LogP contribution in [0, 0.1) is 6.92 Å². The summed E-state index contributed by atoms with van der Waals surface area (Å²) in [6.07, 6.45) is 0.762. The van der Waals surface area contributed by atoms with Gasteiger partial charge in [-0.05, 0) is 12.5 Å². The van der Waals surface area contributed by atoms with Gasteiger partial charge in [0.15, 0.2) is 6.29 Å². The third kappa shape index (κ3) is 0.830. The Bertz CT molecular complexity index is 431. The number of rotatable bonds is 1. The molecule has 0 spiro atoms. The number of hydrogen-bond acceptors (Lipinski definition) is 2. The predicted octanol–water partition coefficient (Wildman–Crippen LogP) is 1.68. The van der Waals surface area contributed by atoms with Crippen molar-refractivity contribution in [2.45, 2.75) is 6.92 Å². The monoisotopic (exact) mass is 160 g/mol. The number of nitrogens with zero attached hydrogens (tertiary/aromatic N) is 1. The summed E-state index contributed by atoms with van der Waals surface area (Å²) in [5.74, 6) is 0. The van der Waals surface area contributed by atoms with E-state index in [4.69, 9.17) is 0 Å². The smallest absolute Gasteiger partial charge is 0.170 e. The third-order valence-electron chi connectivity index (χ3n) is 1.95. The Morgan fingerprint density at radius 3 is 3.08 bits per heavy atom. The van der Waals surface area contributed by atoms with E-state index in [2.05, 4.69) is 10.2 Å². The Kier molecular flexibility index (Phi) is 1.43. The van der Waals surface area contributed by atoms with Gasteiger partial charge in [-0.15, -0.1) is 0 Å². The maximum Gasteiger partial charge on any atom is 0.170 e. The van der Waals surface area contributed by atoms with Gasteiger partial charge in [-0.2, -0.15) is 5.10 Å². The highest BCUT2D eigenvalue weighted by Crippen LogP contribution is 2.17. The van der Waals surface area contributed by atoms with Crippen molar-refractivity contribution in [3.05, 3.63) is 29.5 Å². The molecule has 1 aromatic carbocycles. The first kappa shape index (κ1) is 7.03. The van der Waals surface area contributed by atoms with Crippen LogP contribution in [0.25, 0.3) is 10.9 Å². The van der Waals surface area contributed by atoms with Crippen molar-refractivity contribution in [2.24, 2.45) is 0 Å². The van der Waals surface area contributed by atoms with Gasteiger partial charge in [-0.25, -0.2) is 0 Å². The highest BCUT2D eigenvalue weighted by Gasteiger charge is 2.04. The number of carbonyl (C=O) groups excluding carboxylic acids is 1. The summed E-state index contributed by atoms with van der Waals surface area (Å²) in [6.45, 7) is 1.98. The van der Waals surface area contributed by atoms with Gasteiger partial charge in [0, 0.05) is 5.39 Å². The van der Waals surface area contributed by atoms with E-state index < -0.39 is 0 Å². The summed E-state index contributed by atoms with van der Waals surface area (Å²) < 4.78 is 0. The molecule has 3 heteroatoms. The number of fused-ring (bicyclic) bond motifs is 1. The van der Waals surface area contributed by atoms with Crippen LogP contribution in [0.2, 0.25) is 0 Å². The molecule has 12 heavy (non-hydrogen) atoms. The van der Waals surface area contributed by atoms with Crippen LogP contribution in [0.1, 0.15) is 16.1 Å². The molecular weight excluding hydrogens is 152 g/mol. The van der Waals surface area contributed by atoms with Gasteiger partial charge >= 0.3 is 0 Å². The minimum atomic E-state index is 0.480. The van der Waals surface area contributed by atoms with Crippen molar-refractivity contribution in [1.82, 2.24) is 10.2 Å². The maximum atomic E-state index is 10.5. The first-order chi connectivity index (χ1) is 5.83. The van der Waals surface area contributed by atoms with Gasteiger partial charge in [-0.3, -0.25) is 9.89 Å². The second-order valence-corrected chi connectivity index (χ2v) is 2.72. The Morgan fingerprint density at radius 1 is 1.50 bits per heavy atom. The Balaban J connectivity index is 2.88. The number of hydrogen-bond donors (Lipinski definition) is 1. The number of aldehydes is 1. The van der Waals surface area contributed by atoms with Gasteiger partial charge in [0.25, 0.3) is 0 Å². The van der Waals surface area contributed by atoms with E-state index in [9.17, 15) is 4.79 Å². The van der Waals surface area contributed by atoms with Crippen molar-refractivity contribution in [1.29, 1.82) is 0 Å². The van der Waals surface area contributed by atoms with Crippen molar-refractivity contribution in [3.8, 4) is 0 Å². The lowest BCUT2D eigenvalue weighted by Crippen LogP contribution is -1.78. The van der Waals surface area contributed by atoms with Crippen LogP contribution in [0.15, 0.2) is 18.2 Å². The summed E-state index contributed by atoms with van der Waals surface area (Å²) in [7, 11) is 0. The fraction of sp³-hybridized carbons (Fsp3) is 0.111. The second kappa shape index (κ2) is 2.44. The summed E-state index contributed by atoms with van der Waals surface area (Å²) in [5, 5.41) is 7.60. The highest BCUT2D eigenvalue weighted by atomic mass is 16.1. The maximum absolute atomic E-state index is 10.5. The lowest BCUT2D eigenvalue weighted by atomic mass is 10.1. The van der Waals surface area contributed by atoms with E-state index in [0.29, 0.717) is 5.69 Å². The Morgan fingerprint density at radius 2 is 2.33 bits per heavy atom. The SMILES string of the molecule is Cc1cccc2c(C=O)n[nH]c12. The number of H-pyrrole nitrogens is 1. The molecule has 0 fully saturated rings. The molecule has 1 N–H and O–H groups in total. The van der Waals surface area contributed by atoms with Crippen molar-refractivity contribution in [3.63, 3.8) is 0 Å². The number of carbonyl (C=O) groups is 1. The quantitative estimate of drug-likeness (QED) is 0.645. The highest BCUT2D eigenvalue weighted by molar-refractivity contribution is 5.95. The number of nitrogens with one attached hydrogen (secondary N) is 1. The molecule has 0 aliphatic carbocycles. The Hall–Kier alpha value is -1.64. The fourth-order valence-corrected chi connectivity index (χ4v) is 1.30. The first-order valence-electron chi connectivity index (χ1n) is 3.72. The average molecular weight is 160 g/mol. The molecule has 0 saturated carbocycles. The van der Waals surface area contributed by atoms with Crippen LogP contribution in [0.4, 0.5) is 0 Å². The molecule has 60 valence electrons. The van der Waals surface area contributed by atoms with E-state index in [1.165, 1.54) is 0 Å². The molecule has 3 nitrogen and oxygen atoms in total. The molecule has 0 aliphatic heterocycles. The van der Waals surface area contributed by atoms with E-state index in [-0.39, 0.29) is 0 Å². The predicted molar refractivity (Wildman–Crippen MR) is 46.2 cm³/mol. The summed E-state index contributed by atoms with van der Waals surface area (Å²) >= 11 is 0. The molecular formula is C9H8N2O. The molecule has 1 aromatic heterocycles. The van der Waals surface area contributed by atoms with E-state index >= 15 is 0 Å². The summed E-state index contributed by atoms with van der Waals surface area (Å²) in [5.41, 5.74) is 2.53. The van der Waals surface area contributed by atoms with Gasteiger partial charge in [-0.1, -0.05) is 18.2 Å². The van der Waals surface area contributed by atoms with Crippen LogP contribution < -0.4 is 0 Å². The lowest BCUT2D eigenvalue weighted by molar-refractivity contribution is 0.112. The number of aryl methyl sites for hydroxylation is 1.